The zero-order valence-corrected chi connectivity index (χ0v) is 15.4. The minimum Gasteiger partial charge on any atom is -0.418 e. The van der Waals surface area contributed by atoms with E-state index in [9.17, 15) is 17.3 Å². The molecule has 0 radical (unpaired) electrons. The molecular formula is C13H23BF4OTe. The van der Waals surface area contributed by atoms with Gasteiger partial charge < -0.3 is 17.3 Å². The van der Waals surface area contributed by atoms with E-state index >= 15 is 0 Å². The summed E-state index contributed by atoms with van der Waals surface area (Å²) in [5.41, 5.74) is 1.53. The van der Waals surface area contributed by atoms with Crippen LogP contribution >= 0.6 is 0 Å². The van der Waals surface area contributed by atoms with Gasteiger partial charge in [-0.2, -0.15) is 0 Å². The summed E-state index contributed by atoms with van der Waals surface area (Å²) in [5.74, 6) is 1.18. The van der Waals surface area contributed by atoms with E-state index in [-0.39, 0.29) is 5.41 Å². The third-order valence-corrected chi connectivity index (χ3v) is 8.32. The van der Waals surface area contributed by atoms with Gasteiger partial charge in [0.1, 0.15) is 0 Å². The standard InChI is InChI=1S/C13H23OTe.BF4/c1-10-8-11(12(2,3)4)14-15(9-10)13(5,6)7;2-1(3,4)5/h8-9H,1-7H3;/q+1;-1. The second kappa shape index (κ2) is 6.74. The Kier molecular flexibility index (Phi) is 6.69. The van der Waals surface area contributed by atoms with Crippen molar-refractivity contribution in [3.05, 3.63) is 21.5 Å². The van der Waals surface area contributed by atoms with Gasteiger partial charge in [0.05, 0.1) is 0 Å². The van der Waals surface area contributed by atoms with Crippen molar-refractivity contribution in [1.82, 2.24) is 0 Å². The smallest absolute Gasteiger partial charge is 0.418 e. The van der Waals surface area contributed by atoms with Crippen molar-refractivity contribution in [1.29, 1.82) is 0 Å². The van der Waals surface area contributed by atoms with E-state index in [1.165, 1.54) is 11.3 Å². The van der Waals surface area contributed by atoms with Gasteiger partial charge in [-0.3, -0.25) is 0 Å². The Balaban J connectivity index is 0.000000621. The maximum absolute atomic E-state index is 9.75. The number of allylic oxidation sites excluding steroid dienone is 3. The third kappa shape index (κ3) is 8.91. The summed E-state index contributed by atoms with van der Waals surface area (Å²) >= 11 is -1.59. The normalized spacial score (nSPS) is 17.6. The Bertz CT molecular complexity index is 416. The zero-order chi connectivity index (χ0) is 16.4. The topological polar surface area (TPSA) is 11.3 Å². The van der Waals surface area contributed by atoms with Gasteiger partial charge in [-0.15, -0.1) is 0 Å². The molecule has 0 bridgehead atoms. The summed E-state index contributed by atoms with van der Waals surface area (Å²) in [7, 11) is -6.00. The van der Waals surface area contributed by atoms with Crippen LogP contribution in [-0.2, 0) is 2.73 Å². The molecule has 0 spiro atoms. The van der Waals surface area contributed by atoms with Gasteiger partial charge in [-0.05, 0) is 0 Å². The summed E-state index contributed by atoms with van der Waals surface area (Å²) in [4.78, 5) is 0. The van der Waals surface area contributed by atoms with Gasteiger partial charge in [0, 0.05) is 0 Å². The van der Waals surface area contributed by atoms with E-state index in [4.69, 9.17) is 2.73 Å². The van der Waals surface area contributed by atoms with Gasteiger partial charge in [-0.1, -0.05) is 0 Å². The summed E-state index contributed by atoms with van der Waals surface area (Å²) in [6.45, 7) is 15.7. The van der Waals surface area contributed by atoms with Crippen molar-refractivity contribution < 1.29 is 20.0 Å². The molecule has 1 heterocycles. The number of rotatable bonds is 0. The molecule has 1 nitrogen and oxygen atoms in total. The van der Waals surface area contributed by atoms with Gasteiger partial charge in [0.2, 0.25) is 0 Å². The average molecular weight is 410 g/mol. The van der Waals surface area contributed by atoms with Crippen molar-refractivity contribution in [3.63, 3.8) is 0 Å². The number of hydrogen-bond donors (Lipinski definition) is 0. The summed E-state index contributed by atoms with van der Waals surface area (Å²) < 4.78 is 48.0. The van der Waals surface area contributed by atoms with Crippen molar-refractivity contribution in [2.24, 2.45) is 5.41 Å². The summed E-state index contributed by atoms with van der Waals surface area (Å²) in [6.07, 6.45) is 2.20. The van der Waals surface area contributed by atoms with Crippen LogP contribution in [0.2, 0.25) is 3.46 Å². The molecule has 1 rings (SSSR count). The monoisotopic (exact) mass is 412 g/mol. The molecule has 0 atom stereocenters. The molecule has 0 saturated heterocycles. The van der Waals surface area contributed by atoms with Crippen LogP contribution in [-0.4, -0.2) is 26.8 Å². The fourth-order valence-electron chi connectivity index (χ4n) is 1.20. The van der Waals surface area contributed by atoms with Crippen molar-refractivity contribution in [2.45, 2.75) is 51.9 Å². The molecule has 0 unspecified atom stereocenters. The largest absolute Gasteiger partial charge is 0.673 e. The minimum atomic E-state index is -6.00. The molecule has 0 saturated carbocycles. The van der Waals surface area contributed by atoms with Crippen LogP contribution < -0.4 is 0 Å². The molecule has 0 fully saturated rings. The predicted molar refractivity (Wildman–Crippen MR) is 77.6 cm³/mol. The van der Waals surface area contributed by atoms with Crippen LogP contribution in [0.3, 0.4) is 0 Å². The SMILES string of the molecule is CC1=C[Te](C(C)(C)C)=[O+]C(C(C)(C)C)=C1.F[B-](F)(F)F. The first-order valence-corrected chi connectivity index (χ1v) is 9.76. The van der Waals surface area contributed by atoms with Crippen LogP contribution in [0.1, 0.15) is 48.5 Å². The molecule has 0 N–H and O–H groups in total. The van der Waals surface area contributed by atoms with Crippen LogP contribution in [0, 0.1) is 5.41 Å². The molecule has 1 aliphatic rings. The molecular weight excluding hydrogens is 387 g/mol. The minimum absolute atomic E-state index is 0.139. The Morgan fingerprint density at radius 2 is 1.40 bits per heavy atom. The maximum atomic E-state index is 9.75. The van der Waals surface area contributed by atoms with E-state index < -0.39 is 26.8 Å². The van der Waals surface area contributed by atoms with Crippen LogP contribution in [0.25, 0.3) is 0 Å². The number of hydrogen-bond acceptors (Lipinski definition) is 0. The molecule has 1 aliphatic heterocycles. The summed E-state index contributed by atoms with van der Waals surface area (Å²) in [6, 6.07) is 0. The first kappa shape index (κ1) is 19.9. The van der Waals surface area contributed by atoms with E-state index in [0.29, 0.717) is 3.46 Å². The molecule has 0 aliphatic carbocycles. The Morgan fingerprint density at radius 1 is 1.00 bits per heavy atom. The Morgan fingerprint density at radius 3 is 1.70 bits per heavy atom. The first-order chi connectivity index (χ1) is 8.60. The molecule has 0 aromatic rings. The molecule has 7 heteroatoms. The molecule has 0 aromatic carbocycles. The van der Waals surface area contributed by atoms with Crippen molar-refractivity contribution in [3.8, 4) is 0 Å². The van der Waals surface area contributed by atoms with E-state index in [1.54, 1.807) is 0 Å². The quantitative estimate of drug-likeness (QED) is 0.285. The van der Waals surface area contributed by atoms with Crippen molar-refractivity contribution in [2.75, 3.05) is 0 Å². The van der Waals surface area contributed by atoms with Gasteiger partial charge >= 0.3 is 108 Å². The van der Waals surface area contributed by atoms with Gasteiger partial charge in [-0.25, -0.2) is 0 Å². The Hall–Kier alpha value is -0.145. The van der Waals surface area contributed by atoms with Crippen LogP contribution in [0.15, 0.2) is 21.5 Å². The van der Waals surface area contributed by atoms with E-state index in [0.717, 1.165) is 0 Å². The molecule has 20 heavy (non-hydrogen) atoms. The van der Waals surface area contributed by atoms with Gasteiger partial charge in [0.25, 0.3) is 0 Å². The third-order valence-electron chi connectivity index (χ3n) is 2.17. The zero-order valence-electron chi connectivity index (χ0n) is 13.1. The fourth-order valence-corrected chi connectivity index (χ4v) is 5.62. The van der Waals surface area contributed by atoms with Crippen molar-refractivity contribution >= 4 is 26.8 Å². The first-order valence-electron chi connectivity index (χ1n) is 6.30. The molecule has 0 aromatic heterocycles. The second-order valence-corrected chi connectivity index (χ2v) is 13.0. The maximum Gasteiger partial charge on any atom is 0.673 e. The van der Waals surface area contributed by atoms with E-state index in [2.05, 4.69) is 58.7 Å². The van der Waals surface area contributed by atoms with E-state index in [1.807, 2.05) is 0 Å². The fraction of sp³-hybridized carbons (Fsp3) is 0.692. The summed E-state index contributed by atoms with van der Waals surface area (Å²) in [5, 5.41) is 0. The second-order valence-electron chi connectivity index (χ2n) is 6.61. The number of halogens is 4. The molecule has 118 valence electrons. The predicted octanol–water partition coefficient (Wildman–Crippen LogP) is 5.47. The molecule has 0 amide bonds. The van der Waals surface area contributed by atoms with Crippen LogP contribution in [0.4, 0.5) is 17.3 Å². The van der Waals surface area contributed by atoms with Gasteiger partial charge in [0.15, 0.2) is 0 Å². The van der Waals surface area contributed by atoms with Crippen LogP contribution in [0.5, 0.6) is 0 Å². The Labute approximate surface area is 126 Å². The average Bonchev–Trinajstić information content (AvgIpc) is 2.10.